The number of hydrogen-bond acceptors (Lipinski definition) is 8. The molecule has 3 aromatic carbocycles. The van der Waals surface area contributed by atoms with Crippen molar-refractivity contribution < 1.29 is 27.8 Å². The Kier molecular flexibility index (Phi) is 9.55. The van der Waals surface area contributed by atoms with Gasteiger partial charge in [0.2, 0.25) is 10.0 Å². The highest BCUT2D eigenvalue weighted by Crippen LogP contribution is 2.30. The number of rotatable bonds is 13. The predicted octanol–water partition coefficient (Wildman–Crippen LogP) is 2.52. The van der Waals surface area contributed by atoms with Gasteiger partial charge in [0.1, 0.15) is 11.5 Å². The van der Waals surface area contributed by atoms with Crippen molar-refractivity contribution in [2.45, 2.75) is 37.6 Å². The molecule has 2 aliphatic rings. The summed E-state index contributed by atoms with van der Waals surface area (Å²) in [6, 6.07) is 21.5. The second kappa shape index (κ2) is 13.3. The number of nitrogens with one attached hydrogen (secondary N) is 2. The van der Waals surface area contributed by atoms with Gasteiger partial charge in [0, 0.05) is 61.6 Å². The number of hydrogen-bond donors (Lipinski definition) is 3. The number of methoxy groups -OCH3 is 2. The van der Waals surface area contributed by atoms with Crippen LogP contribution in [0.3, 0.4) is 0 Å². The molecule has 0 saturated carbocycles. The Labute approximate surface area is 253 Å². The molecule has 0 radical (unpaired) electrons. The maximum absolute atomic E-state index is 13.0. The lowest BCUT2D eigenvalue weighted by Gasteiger charge is -2.38. The molecule has 1 atom stereocenters. The average molecular weight is 609 g/mol. The van der Waals surface area contributed by atoms with Crippen LogP contribution in [0.25, 0.3) is 0 Å². The summed E-state index contributed by atoms with van der Waals surface area (Å²) in [5.41, 5.74) is 4.84. The zero-order valence-corrected chi connectivity index (χ0v) is 25.6. The first-order chi connectivity index (χ1) is 20.6. The average Bonchev–Trinajstić information content (AvgIpc) is 3.41. The van der Waals surface area contributed by atoms with E-state index in [1.54, 1.807) is 32.4 Å². The molecule has 1 aliphatic carbocycles. The molecular weight excluding hydrogens is 568 g/mol. The molecule has 1 heterocycles. The lowest BCUT2D eigenvalue weighted by Crippen LogP contribution is -2.56. The topological polar surface area (TPSA) is 120 Å². The number of sulfonamides is 1. The number of anilines is 1. The van der Waals surface area contributed by atoms with E-state index in [4.69, 9.17) is 9.47 Å². The predicted molar refractivity (Wildman–Crippen MR) is 166 cm³/mol. The third-order valence-corrected chi connectivity index (χ3v) is 9.41. The molecule has 1 saturated heterocycles. The number of amides is 1. The molecule has 0 aromatic heterocycles. The number of aliphatic hydroxyl groups is 1. The fraction of sp³-hybridized carbons (Fsp3) is 0.406. The van der Waals surface area contributed by atoms with Crippen molar-refractivity contribution in [2.24, 2.45) is 0 Å². The maximum Gasteiger partial charge on any atom is 0.251 e. The van der Waals surface area contributed by atoms with Gasteiger partial charge in [-0.3, -0.25) is 9.69 Å². The van der Waals surface area contributed by atoms with Gasteiger partial charge in [0.15, 0.2) is 0 Å². The highest BCUT2D eigenvalue weighted by Gasteiger charge is 2.33. The van der Waals surface area contributed by atoms with E-state index < -0.39 is 16.1 Å². The van der Waals surface area contributed by atoms with Crippen LogP contribution >= 0.6 is 0 Å². The van der Waals surface area contributed by atoms with Crippen molar-refractivity contribution in [1.29, 1.82) is 0 Å². The second-order valence-corrected chi connectivity index (χ2v) is 13.3. The Morgan fingerprint density at radius 1 is 1.02 bits per heavy atom. The molecule has 5 rings (SSSR count). The third kappa shape index (κ3) is 7.66. The number of fused-ring (bicyclic) bond motifs is 1. The van der Waals surface area contributed by atoms with E-state index in [0.29, 0.717) is 37.5 Å². The normalized spacial score (nSPS) is 16.4. The quantitative estimate of drug-likeness (QED) is 0.271. The van der Waals surface area contributed by atoms with E-state index in [1.807, 2.05) is 24.3 Å². The number of ether oxygens (including phenoxy) is 2. The van der Waals surface area contributed by atoms with Crippen LogP contribution in [0.5, 0.6) is 11.5 Å². The molecule has 3 aromatic rings. The van der Waals surface area contributed by atoms with Crippen LogP contribution in [0.15, 0.2) is 66.7 Å². The zero-order chi connectivity index (χ0) is 30.6. The summed E-state index contributed by atoms with van der Waals surface area (Å²) in [7, 11) is 0.0698. The molecule has 0 bridgehead atoms. The zero-order valence-electron chi connectivity index (χ0n) is 24.8. The van der Waals surface area contributed by atoms with Gasteiger partial charge >= 0.3 is 0 Å². The summed E-state index contributed by atoms with van der Waals surface area (Å²) in [5.74, 6) is 1.15. The number of carbonyl (C=O) groups is 1. The lowest BCUT2D eigenvalue weighted by molar-refractivity contribution is 0.0747. The van der Waals surface area contributed by atoms with Crippen molar-refractivity contribution in [2.75, 3.05) is 52.0 Å². The van der Waals surface area contributed by atoms with Crippen LogP contribution < -0.4 is 20.1 Å². The first-order valence-electron chi connectivity index (χ1n) is 14.4. The van der Waals surface area contributed by atoms with E-state index >= 15 is 0 Å². The standard InChI is InChI=1S/C32H40N4O6S/c1-41-30-12-11-25(31(16-30)42-2)18-35(28-14-22-7-4-5-8-23(22)15-28)21-29(37)17-33-32(38)24-9-6-10-26(13-24)34-27-19-36(20-27)43(3,39)40/h4-13,16,27-29,34,37H,14-15,17-21H2,1-3H3,(H,33,38)/t29-/m1/s1. The van der Waals surface area contributed by atoms with Crippen LogP contribution in [-0.2, 0) is 29.4 Å². The van der Waals surface area contributed by atoms with Gasteiger partial charge < -0.3 is 25.2 Å². The van der Waals surface area contributed by atoms with Crippen molar-refractivity contribution in [3.8, 4) is 11.5 Å². The van der Waals surface area contributed by atoms with Gasteiger partial charge in [0.25, 0.3) is 5.91 Å². The smallest absolute Gasteiger partial charge is 0.251 e. The van der Waals surface area contributed by atoms with Crippen LogP contribution in [0.2, 0.25) is 0 Å². The summed E-state index contributed by atoms with van der Waals surface area (Å²) in [4.78, 5) is 15.3. The minimum atomic E-state index is -3.19. The molecule has 230 valence electrons. The second-order valence-electron chi connectivity index (χ2n) is 11.3. The molecule has 0 spiro atoms. The number of benzene rings is 3. The molecule has 1 amide bonds. The minimum Gasteiger partial charge on any atom is -0.497 e. The molecule has 43 heavy (non-hydrogen) atoms. The highest BCUT2D eigenvalue weighted by atomic mass is 32.2. The fourth-order valence-electron chi connectivity index (χ4n) is 5.77. The Balaban J connectivity index is 1.21. The summed E-state index contributed by atoms with van der Waals surface area (Å²) in [6.45, 7) is 1.83. The SMILES string of the molecule is COc1ccc(CN(C[C@H](O)CNC(=O)c2cccc(NC3CN(S(C)(=O)=O)C3)c2)C2Cc3ccccc3C2)c(OC)c1. The fourth-order valence-corrected chi connectivity index (χ4v) is 6.67. The molecule has 1 aliphatic heterocycles. The summed E-state index contributed by atoms with van der Waals surface area (Å²) < 4.78 is 35.7. The minimum absolute atomic E-state index is 0.00751. The Morgan fingerprint density at radius 3 is 2.40 bits per heavy atom. The summed E-state index contributed by atoms with van der Waals surface area (Å²) in [6.07, 6.45) is 2.17. The van der Waals surface area contributed by atoms with E-state index in [2.05, 4.69) is 39.8 Å². The van der Waals surface area contributed by atoms with Crippen LogP contribution in [-0.4, -0.2) is 93.5 Å². The molecule has 10 nitrogen and oxygen atoms in total. The Morgan fingerprint density at radius 2 is 1.74 bits per heavy atom. The Bertz CT molecular complexity index is 1520. The summed E-state index contributed by atoms with van der Waals surface area (Å²) in [5, 5.41) is 17.3. The van der Waals surface area contributed by atoms with Gasteiger partial charge in [-0.25, -0.2) is 8.42 Å². The van der Waals surface area contributed by atoms with Gasteiger partial charge in [-0.15, -0.1) is 0 Å². The van der Waals surface area contributed by atoms with Gasteiger partial charge in [0.05, 0.1) is 32.6 Å². The Hall–Kier alpha value is -3.64. The first kappa shape index (κ1) is 30.8. The third-order valence-electron chi connectivity index (χ3n) is 8.17. The molecule has 0 unspecified atom stereocenters. The molecular formula is C32H40N4O6S. The van der Waals surface area contributed by atoms with E-state index in [-0.39, 0.29) is 24.5 Å². The van der Waals surface area contributed by atoms with Crippen LogP contribution in [0, 0.1) is 0 Å². The van der Waals surface area contributed by atoms with Crippen molar-refractivity contribution >= 4 is 21.6 Å². The largest absolute Gasteiger partial charge is 0.497 e. The molecule has 1 fully saturated rings. The lowest BCUT2D eigenvalue weighted by atomic mass is 10.1. The molecule has 3 N–H and O–H groups in total. The van der Waals surface area contributed by atoms with E-state index in [0.717, 1.165) is 29.8 Å². The van der Waals surface area contributed by atoms with Gasteiger partial charge in [-0.05, 0) is 48.2 Å². The number of nitrogens with zero attached hydrogens (tertiary/aromatic N) is 2. The maximum atomic E-state index is 13.0. The number of aliphatic hydroxyl groups excluding tert-OH is 1. The monoisotopic (exact) mass is 608 g/mol. The van der Waals surface area contributed by atoms with Crippen LogP contribution in [0.4, 0.5) is 5.69 Å². The van der Waals surface area contributed by atoms with Crippen molar-refractivity contribution in [1.82, 2.24) is 14.5 Å². The van der Waals surface area contributed by atoms with E-state index in [9.17, 15) is 18.3 Å². The van der Waals surface area contributed by atoms with E-state index in [1.165, 1.54) is 21.7 Å². The van der Waals surface area contributed by atoms with Gasteiger partial charge in [-0.2, -0.15) is 4.31 Å². The van der Waals surface area contributed by atoms with Crippen LogP contribution in [0.1, 0.15) is 27.0 Å². The first-order valence-corrected chi connectivity index (χ1v) is 16.3. The number of carbonyl (C=O) groups excluding carboxylic acids is 1. The van der Waals surface area contributed by atoms with Crippen molar-refractivity contribution in [3.05, 3.63) is 89.0 Å². The van der Waals surface area contributed by atoms with Crippen molar-refractivity contribution in [3.63, 3.8) is 0 Å². The van der Waals surface area contributed by atoms with Gasteiger partial charge in [-0.1, -0.05) is 36.4 Å². The molecule has 11 heteroatoms. The highest BCUT2D eigenvalue weighted by molar-refractivity contribution is 7.88. The summed E-state index contributed by atoms with van der Waals surface area (Å²) >= 11 is 0.